The summed E-state index contributed by atoms with van der Waals surface area (Å²) < 4.78 is 5.80. The number of hydrogen-bond donors (Lipinski definition) is 2. The summed E-state index contributed by atoms with van der Waals surface area (Å²) in [6, 6.07) is 0.191. The second kappa shape index (κ2) is 5.87. The van der Waals surface area contributed by atoms with Crippen LogP contribution in [0.25, 0.3) is 0 Å². The molecule has 1 aromatic heterocycles. The molecule has 5 nitrogen and oxygen atoms in total. The van der Waals surface area contributed by atoms with Crippen LogP contribution in [-0.4, -0.2) is 29.7 Å². The van der Waals surface area contributed by atoms with E-state index in [2.05, 4.69) is 38.1 Å². The monoisotopic (exact) mass is 274 g/mol. The first-order chi connectivity index (χ1) is 7.21. The van der Waals surface area contributed by atoms with Gasteiger partial charge in [0.05, 0.1) is 17.8 Å². The lowest BCUT2D eigenvalue weighted by Gasteiger charge is -2.14. The van der Waals surface area contributed by atoms with Gasteiger partial charge in [0.2, 0.25) is 11.8 Å². The van der Waals surface area contributed by atoms with Crippen molar-refractivity contribution < 1.29 is 4.74 Å². The third-order valence-corrected chi connectivity index (χ3v) is 2.56. The topological polar surface area (TPSA) is 73.1 Å². The Labute approximate surface area is 97.6 Å². The van der Waals surface area contributed by atoms with Crippen molar-refractivity contribution >= 4 is 21.9 Å². The zero-order chi connectivity index (χ0) is 11.3. The number of ether oxygens (including phenoxy) is 1. The van der Waals surface area contributed by atoms with Crippen molar-refractivity contribution in [1.29, 1.82) is 0 Å². The van der Waals surface area contributed by atoms with Crippen LogP contribution < -0.4 is 15.8 Å². The summed E-state index contributed by atoms with van der Waals surface area (Å²) in [5, 5.41) is 3.13. The van der Waals surface area contributed by atoms with Crippen molar-refractivity contribution in [2.24, 2.45) is 5.73 Å². The van der Waals surface area contributed by atoms with E-state index in [0.717, 1.165) is 10.9 Å². The molecule has 0 aliphatic rings. The first-order valence-electron chi connectivity index (χ1n) is 4.74. The summed E-state index contributed by atoms with van der Waals surface area (Å²) in [4.78, 5) is 8.30. The molecule has 1 rings (SSSR count). The largest absolute Gasteiger partial charge is 0.480 e. The maximum Gasteiger partial charge on any atom is 0.232 e. The average Bonchev–Trinajstić information content (AvgIpc) is 2.28. The van der Waals surface area contributed by atoms with Gasteiger partial charge in [-0.1, -0.05) is 6.92 Å². The fourth-order valence-corrected chi connectivity index (χ4v) is 1.43. The number of hydrogen-bond acceptors (Lipinski definition) is 5. The van der Waals surface area contributed by atoms with Crippen LogP contribution in [0.1, 0.15) is 13.3 Å². The van der Waals surface area contributed by atoms with E-state index in [9.17, 15) is 0 Å². The van der Waals surface area contributed by atoms with Gasteiger partial charge in [-0.15, -0.1) is 0 Å². The summed E-state index contributed by atoms with van der Waals surface area (Å²) in [5.74, 6) is 1.05. The molecule has 1 atom stereocenters. The zero-order valence-corrected chi connectivity index (χ0v) is 10.4. The van der Waals surface area contributed by atoms with Crippen LogP contribution in [0.3, 0.4) is 0 Å². The van der Waals surface area contributed by atoms with Crippen LogP contribution in [0.15, 0.2) is 10.7 Å². The van der Waals surface area contributed by atoms with Gasteiger partial charge < -0.3 is 15.8 Å². The number of anilines is 1. The third-order valence-electron chi connectivity index (χ3n) is 2.02. The molecular weight excluding hydrogens is 260 g/mol. The Kier molecular flexibility index (Phi) is 4.77. The number of aromatic nitrogens is 2. The Morgan fingerprint density at radius 3 is 2.93 bits per heavy atom. The van der Waals surface area contributed by atoms with Crippen molar-refractivity contribution in [3.05, 3.63) is 10.7 Å². The Morgan fingerprint density at radius 2 is 2.40 bits per heavy atom. The predicted molar refractivity (Wildman–Crippen MR) is 63.0 cm³/mol. The van der Waals surface area contributed by atoms with Gasteiger partial charge in [0, 0.05) is 12.6 Å². The smallest absolute Gasteiger partial charge is 0.232 e. The van der Waals surface area contributed by atoms with Gasteiger partial charge in [-0.2, -0.15) is 4.98 Å². The van der Waals surface area contributed by atoms with E-state index in [1.54, 1.807) is 13.3 Å². The van der Waals surface area contributed by atoms with Crippen molar-refractivity contribution in [3.63, 3.8) is 0 Å². The Bertz CT molecular complexity index is 317. The molecule has 0 radical (unpaired) electrons. The molecule has 15 heavy (non-hydrogen) atoms. The van der Waals surface area contributed by atoms with Crippen molar-refractivity contribution in [2.45, 2.75) is 19.4 Å². The molecule has 6 heteroatoms. The van der Waals surface area contributed by atoms with Crippen LogP contribution in [-0.2, 0) is 0 Å². The lowest BCUT2D eigenvalue weighted by Crippen LogP contribution is -2.28. The number of halogens is 1. The number of rotatable bonds is 5. The number of nitrogens with two attached hydrogens (primary N) is 1. The molecule has 0 amide bonds. The van der Waals surface area contributed by atoms with Gasteiger partial charge >= 0.3 is 0 Å². The van der Waals surface area contributed by atoms with E-state index in [1.165, 1.54) is 0 Å². The number of nitrogens with one attached hydrogen (secondary N) is 1. The summed E-state index contributed by atoms with van der Waals surface area (Å²) in [6.45, 7) is 2.61. The molecule has 0 bridgehead atoms. The minimum absolute atomic E-state index is 0.191. The molecule has 0 spiro atoms. The van der Waals surface area contributed by atoms with Gasteiger partial charge in [-0.25, -0.2) is 4.98 Å². The van der Waals surface area contributed by atoms with Crippen LogP contribution in [0.4, 0.5) is 5.95 Å². The standard InChI is InChI=1S/C9H15BrN4O/c1-3-6(4-11)13-9-12-5-7(10)8(14-9)15-2/h5-6H,3-4,11H2,1-2H3,(H,12,13,14). The molecule has 1 unspecified atom stereocenters. The van der Waals surface area contributed by atoms with E-state index in [-0.39, 0.29) is 6.04 Å². The highest BCUT2D eigenvalue weighted by Crippen LogP contribution is 2.21. The van der Waals surface area contributed by atoms with E-state index in [4.69, 9.17) is 10.5 Å². The molecule has 84 valence electrons. The van der Waals surface area contributed by atoms with Crippen LogP contribution in [0.5, 0.6) is 5.88 Å². The van der Waals surface area contributed by atoms with Gasteiger partial charge in [-0.3, -0.25) is 0 Å². The molecule has 0 fully saturated rings. The van der Waals surface area contributed by atoms with E-state index >= 15 is 0 Å². The highest BCUT2D eigenvalue weighted by Gasteiger charge is 2.08. The van der Waals surface area contributed by atoms with Crippen molar-refractivity contribution in [1.82, 2.24) is 9.97 Å². The predicted octanol–water partition coefficient (Wildman–Crippen LogP) is 1.40. The molecule has 0 saturated carbocycles. The fraction of sp³-hybridized carbons (Fsp3) is 0.556. The quantitative estimate of drug-likeness (QED) is 0.849. The van der Waals surface area contributed by atoms with Gasteiger partial charge in [0.25, 0.3) is 0 Å². The van der Waals surface area contributed by atoms with Gasteiger partial charge in [0.15, 0.2) is 0 Å². The lowest BCUT2D eigenvalue weighted by atomic mass is 10.2. The van der Waals surface area contributed by atoms with Crippen LogP contribution >= 0.6 is 15.9 Å². The van der Waals surface area contributed by atoms with Gasteiger partial charge in [-0.05, 0) is 22.4 Å². The summed E-state index contributed by atoms with van der Waals surface area (Å²) in [7, 11) is 1.57. The molecular formula is C9H15BrN4O. The first kappa shape index (κ1) is 12.2. The fourth-order valence-electron chi connectivity index (χ4n) is 1.07. The second-order valence-electron chi connectivity index (χ2n) is 3.04. The lowest BCUT2D eigenvalue weighted by molar-refractivity contribution is 0.394. The molecule has 0 aromatic carbocycles. The Hall–Kier alpha value is -0.880. The highest BCUT2D eigenvalue weighted by atomic mass is 79.9. The SMILES string of the molecule is CCC(CN)Nc1ncc(Br)c(OC)n1. The maximum absolute atomic E-state index is 5.57. The van der Waals surface area contributed by atoms with E-state index in [0.29, 0.717) is 18.4 Å². The normalized spacial score (nSPS) is 12.3. The van der Waals surface area contributed by atoms with E-state index in [1.807, 2.05) is 0 Å². The molecule has 0 aliphatic heterocycles. The average molecular weight is 275 g/mol. The summed E-state index contributed by atoms with van der Waals surface area (Å²) >= 11 is 3.29. The number of methoxy groups -OCH3 is 1. The molecule has 1 heterocycles. The molecule has 1 aromatic rings. The summed E-state index contributed by atoms with van der Waals surface area (Å²) in [5.41, 5.74) is 5.57. The highest BCUT2D eigenvalue weighted by molar-refractivity contribution is 9.10. The first-order valence-corrected chi connectivity index (χ1v) is 5.53. The maximum atomic E-state index is 5.57. The van der Waals surface area contributed by atoms with E-state index < -0.39 is 0 Å². The van der Waals surface area contributed by atoms with Crippen molar-refractivity contribution in [3.8, 4) is 5.88 Å². The molecule has 0 aliphatic carbocycles. The number of nitrogens with zero attached hydrogens (tertiary/aromatic N) is 2. The van der Waals surface area contributed by atoms with Crippen LogP contribution in [0.2, 0.25) is 0 Å². The Balaban J connectivity index is 2.77. The third kappa shape index (κ3) is 3.32. The molecule has 3 N–H and O–H groups in total. The minimum Gasteiger partial charge on any atom is -0.480 e. The van der Waals surface area contributed by atoms with Crippen LogP contribution in [0, 0.1) is 0 Å². The van der Waals surface area contributed by atoms with Gasteiger partial charge in [0.1, 0.15) is 0 Å². The second-order valence-corrected chi connectivity index (χ2v) is 3.89. The van der Waals surface area contributed by atoms with Crippen molar-refractivity contribution in [2.75, 3.05) is 19.0 Å². The molecule has 0 saturated heterocycles. The summed E-state index contributed by atoms with van der Waals surface area (Å²) in [6.07, 6.45) is 2.58. The zero-order valence-electron chi connectivity index (χ0n) is 8.83. The Morgan fingerprint density at radius 1 is 1.67 bits per heavy atom. The minimum atomic E-state index is 0.191.